The van der Waals surface area contributed by atoms with E-state index in [-0.39, 0.29) is 5.69 Å². The number of nitro benzene ring substituents is 1. The maximum absolute atomic E-state index is 10.6. The molecule has 23 heavy (non-hydrogen) atoms. The zero-order chi connectivity index (χ0) is 16.2. The Morgan fingerprint density at radius 2 is 1.52 bits per heavy atom. The van der Waals surface area contributed by atoms with Gasteiger partial charge in [-0.3, -0.25) is 10.1 Å². The summed E-state index contributed by atoms with van der Waals surface area (Å²) in [7, 11) is 2.16. The Kier molecular flexibility index (Phi) is 4.57. The summed E-state index contributed by atoms with van der Waals surface area (Å²) in [6.45, 7) is 2.29. The first-order valence-electron chi connectivity index (χ1n) is 7.82. The van der Waals surface area contributed by atoms with Crippen LogP contribution in [0.3, 0.4) is 0 Å². The fraction of sp³-hybridized carbons (Fsp3) is 0.333. The van der Waals surface area contributed by atoms with Crippen molar-refractivity contribution in [1.82, 2.24) is 4.90 Å². The molecular formula is C18H20N2O3. The Hall–Kier alpha value is -2.40. The molecule has 0 aromatic heterocycles. The van der Waals surface area contributed by atoms with Crippen molar-refractivity contribution in [2.45, 2.75) is 18.8 Å². The molecule has 1 fully saturated rings. The van der Waals surface area contributed by atoms with Gasteiger partial charge in [0.15, 0.2) is 0 Å². The molecule has 1 saturated heterocycles. The summed E-state index contributed by atoms with van der Waals surface area (Å²) in [4.78, 5) is 12.6. The number of nitrogens with zero attached hydrogens (tertiary/aromatic N) is 2. The van der Waals surface area contributed by atoms with E-state index in [9.17, 15) is 10.1 Å². The van der Waals surface area contributed by atoms with Crippen LogP contribution >= 0.6 is 0 Å². The van der Waals surface area contributed by atoms with Crippen LogP contribution in [-0.4, -0.2) is 30.0 Å². The lowest BCUT2D eigenvalue weighted by Crippen LogP contribution is -2.29. The lowest BCUT2D eigenvalue weighted by molar-refractivity contribution is -0.384. The predicted molar refractivity (Wildman–Crippen MR) is 89.1 cm³/mol. The van der Waals surface area contributed by atoms with Crippen LogP contribution in [0.4, 0.5) is 5.69 Å². The highest BCUT2D eigenvalue weighted by molar-refractivity contribution is 5.39. The molecule has 0 atom stereocenters. The molecule has 2 aromatic rings. The van der Waals surface area contributed by atoms with E-state index in [1.54, 1.807) is 12.1 Å². The van der Waals surface area contributed by atoms with Gasteiger partial charge in [0.1, 0.15) is 11.5 Å². The van der Waals surface area contributed by atoms with Crippen molar-refractivity contribution in [3.8, 4) is 11.5 Å². The van der Waals surface area contributed by atoms with Gasteiger partial charge in [-0.05, 0) is 68.7 Å². The lowest BCUT2D eigenvalue weighted by Gasteiger charge is -2.29. The Balaban J connectivity index is 1.64. The minimum atomic E-state index is -0.416. The quantitative estimate of drug-likeness (QED) is 0.627. The van der Waals surface area contributed by atoms with E-state index in [0.29, 0.717) is 11.7 Å². The van der Waals surface area contributed by atoms with E-state index in [0.717, 1.165) is 18.8 Å². The van der Waals surface area contributed by atoms with E-state index < -0.39 is 4.92 Å². The summed E-state index contributed by atoms with van der Waals surface area (Å²) in [5.41, 5.74) is 1.42. The number of hydrogen-bond donors (Lipinski definition) is 0. The molecule has 5 nitrogen and oxygen atoms in total. The summed E-state index contributed by atoms with van der Waals surface area (Å²) < 4.78 is 5.74. The summed E-state index contributed by atoms with van der Waals surface area (Å²) in [5, 5.41) is 10.6. The number of hydrogen-bond acceptors (Lipinski definition) is 4. The monoisotopic (exact) mass is 312 g/mol. The van der Waals surface area contributed by atoms with Crippen LogP contribution in [0.1, 0.15) is 24.3 Å². The highest BCUT2D eigenvalue weighted by Gasteiger charge is 2.18. The Bertz CT molecular complexity index is 660. The molecule has 0 N–H and O–H groups in total. The van der Waals surface area contributed by atoms with E-state index >= 15 is 0 Å². The maximum atomic E-state index is 10.6. The molecule has 0 saturated carbocycles. The third-order valence-corrected chi connectivity index (χ3v) is 4.35. The van der Waals surface area contributed by atoms with Gasteiger partial charge in [0.05, 0.1) is 4.92 Å². The molecule has 5 heteroatoms. The number of rotatable bonds is 4. The van der Waals surface area contributed by atoms with Crippen LogP contribution in [-0.2, 0) is 0 Å². The van der Waals surface area contributed by atoms with Gasteiger partial charge in [-0.2, -0.15) is 0 Å². The number of ether oxygens (including phenoxy) is 1. The van der Waals surface area contributed by atoms with Crippen molar-refractivity contribution in [2.75, 3.05) is 20.1 Å². The molecule has 0 bridgehead atoms. The summed E-state index contributed by atoms with van der Waals surface area (Å²) in [5.74, 6) is 1.97. The Morgan fingerprint density at radius 1 is 1.00 bits per heavy atom. The van der Waals surface area contributed by atoms with Gasteiger partial charge in [-0.25, -0.2) is 0 Å². The molecule has 0 amide bonds. The van der Waals surface area contributed by atoms with Gasteiger partial charge in [0.25, 0.3) is 5.69 Å². The minimum Gasteiger partial charge on any atom is -0.457 e. The van der Waals surface area contributed by atoms with E-state index in [2.05, 4.69) is 24.1 Å². The van der Waals surface area contributed by atoms with Crippen LogP contribution in [0.5, 0.6) is 11.5 Å². The average Bonchev–Trinajstić information content (AvgIpc) is 2.57. The molecule has 2 aromatic carbocycles. The van der Waals surface area contributed by atoms with Gasteiger partial charge in [-0.15, -0.1) is 0 Å². The number of piperidine rings is 1. The Morgan fingerprint density at radius 3 is 2.04 bits per heavy atom. The van der Waals surface area contributed by atoms with Crippen LogP contribution in [0.15, 0.2) is 48.5 Å². The zero-order valence-corrected chi connectivity index (χ0v) is 13.1. The molecule has 0 aliphatic carbocycles. The topological polar surface area (TPSA) is 55.6 Å². The van der Waals surface area contributed by atoms with E-state index in [4.69, 9.17) is 4.74 Å². The van der Waals surface area contributed by atoms with Gasteiger partial charge in [-0.1, -0.05) is 12.1 Å². The van der Waals surface area contributed by atoms with E-state index in [1.807, 2.05) is 12.1 Å². The van der Waals surface area contributed by atoms with Gasteiger partial charge < -0.3 is 9.64 Å². The zero-order valence-electron chi connectivity index (χ0n) is 13.1. The highest BCUT2D eigenvalue weighted by atomic mass is 16.6. The molecular weight excluding hydrogens is 292 g/mol. The first kappa shape index (κ1) is 15.5. The number of nitro groups is 1. The lowest BCUT2D eigenvalue weighted by atomic mass is 9.90. The Labute approximate surface area is 135 Å². The predicted octanol–water partition coefficient (Wildman–Crippen LogP) is 4.20. The minimum absolute atomic E-state index is 0.0648. The average molecular weight is 312 g/mol. The van der Waals surface area contributed by atoms with Crippen LogP contribution in [0.2, 0.25) is 0 Å². The fourth-order valence-electron chi connectivity index (χ4n) is 2.92. The molecule has 3 rings (SSSR count). The second kappa shape index (κ2) is 6.79. The molecule has 1 aliphatic heterocycles. The third kappa shape index (κ3) is 3.87. The standard InChI is InChI=1S/C18H20N2O3/c1-19-12-10-15(11-13-19)14-2-6-17(7-3-14)23-18-8-4-16(5-9-18)20(21)22/h2-9,15H,10-13H2,1H3. The third-order valence-electron chi connectivity index (χ3n) is 4.35. The molecule has 1 aliphatic rings. The van der Waals surface area contributed by atoms with Crippen molar-refractivity contribution < 1.29 is 9.66 Å². The first-order valence-corrected chi connectivity index (χ1v) is 7.82. The summed E-state index contributed by atoms with van der Waals surface area (Å²) >= 11 is 0. The van der Waals surface area contributed by atoms with Crippen LogP contribution in [0, 0.1) is 10.1 Å². The van der Waals surface area contributed by atoms with E-state index in [1.165, 1.54) is 30.5 Å². The van der Waals surface area contributed by atoms with Gasteiger partial charge >= 0.3 is 0 Å². The van der Waals surface area contributed by atoms with Crippen molar-refractivity contribution in [3.63, 3.8) is 0 Å². The van der Waals surface area contributed by atoms with Crippen molar-refractivity contribution in [3.05, 3.63) is 64.2 Å². The van der Waals surface area contributed by atoms with Crippen molar-refractivity contribution >= 4 is 5.69 Å². The van der Waals surface area contributed by atoms with Crippen LogP contribution < -0.4 is 4.74 Å². The SMILES string of the molecule is CN1CCC(c2ccc(Oc3ccc([N+](=O)[O-])cc3)cc2)CC1. The van der Waals surface area contributed by atoms with Gasteiger partial charge in [0.2, 0.25) is 0 Å². The molecule has 0 spiro atoms. The smallest absolute Gasteiger partial charge is 0.269 e. The second-order valence-corrected chi connectivity index (χ2v) is 6.00. The second-order valence-electron chi connectivity index (χ2n) is 6.00. The fourth-order valence-corrected chi connectivity index (χ4v) is 2.92. The number of non-ortho nitro benzene ring substituents is 1. The number of benzene rings is 2. The molecule has 1 heterocycles. The summed E-state index contributed by atoms with van der Waals surface area (Å²) in [6, 6.07) is 14.3. The number of likely N-dealkylation sites (tertiary alicyclic amines) is 1. The molecule has 0 radical (unpaired) electrons. The first-order chi connectivity index (χ1) is 11.1. The molecule has 0 unspecified atom stereocenters. The maximum Gasteiger partial charge on any atom is 0.269 e. The van der Waals surface area contributed by atoms with Gasteiger partial charge in [0, 0.05) is 12.1 Å². The largest absolute Gasteiger partial charge is 0.457 e. The normalized spacial score (nSPS) is 16.2. The highest BCUT2D eigenvalue weighted by Crippen LogP contribution is 2.30. The van der Waals surface area contributed by atoms with Crippen molar-refractivity contribution in [1.29, 1.82) is 0 Å². The van der Waals surface area contributed by atoms with Crippen LogP contribution in [0.25, 0.3) is 0 Å². The van der Waals surface area contributed by atoms with Crippen molar-refractivity contribution in [2.24, 2.45) is 0 Å². The summed E-state index contributed by atoms with van der Waals surface area (Å²) in [6.07, 6.45) is 2.39. The molecule has 120 valence electrons.